The molecule has 1 aliphatic rings. The molecule has 3 aromatic carbocycles. The highest BCUT2D eigenvalue weighted by Gasteiger charge is 2.43. The van der Waals surface area contributed by atoms with Crippen LogP contribution >= 0.6 is 23.2 Å². The van der Waals surface area contributed by atoms with Gasteiger partial charge < -0.3 is 4.42 Å². The summed E-state index contributed by atoms with van der Waals surface area (Å²) in [5, 5.41) is 1.27. The molecule has 0 bridgehead atoms. The maximum Gasteiger partial charge on any atom is 0.295 e. The van der Waals surface area contributed by atoms with Gasteiger partial charge in [0, 0.05) is 15.7 Å². The summed E-state index contributed by atoms with van der Waals surface area (Å²) in [7, 11) is 0. The van der Waals surface area contributed by atoms with Gasteiger partial charge in [-0.2, -0.15) is 0 Å². The smallest absolute Gasteiger partial charge is 0.295 e. The third-order valence-electron chi connectivity index (χ3n) is 5.84. The van der Waals surface area contributed by atoms with Gasteiger partial charge in [-0.1, -0.05) is 67.4 Å². The Hall–Kier alpha value is -3.08. The van der Waals surface area contributed by atoms with E-state index < -0.39 is 6.04 Å². The van der Waals surface area contributed by atoms with Gasteiger partial charge >= 0.3 is 0 Å². The van der Waals surface area contributed by atoms with Crippen LogP contribution in [0.4, 0.5) is 5.69 Å². The second-order valence-electron chi connectivity index (χ2n) is 8.19. The molecule has 6 heteroatoms. The van der Waals surface area contributed by atoms with E-state index in [-0.39, 0.29) is 17.1 Å². The Morgan fingerprint density at radius 3 is 2.31 bits per heavy atom. The van der Waals surface area contributed by atoms with Crippen molar-refractivity contribution < 1.29 is 9.21 Å². The summed E-state index contributed by atoms with van der Waals surface area (Å²) in [6, 6.07) is 19.2. The molecule has 2 heterocycles. The zero-order valence-electron chi connectivity index (χ0n) is 17.4. The number of halogens is 2. The van der Waals surface area contributed by atoms with E-state index in [1.807, 2.05) is 24.3 Å². The Labute approximate surface area is 195 Å². The summed E-state index contributed by atoms with van der Waals surface area (Å²) in [5.41, 5.74) is 2.95. The lowest BCUT2D eigenvalue weighted by Crippen LogP contribution is -2.29. The Kier molecular flexibility index (Phi) is 5.07. The molecule has 0 N–H and O–H groups in total. The molecule has 0 spiro atoms. The average Bonchev–Trinajstić information content (AvgIpc) is 3.07. The normalized spacial score (nSPS) is 15.6. The first-order chi connectivity index (χ1) is 15.3. The number of benzene rings is 3. The lowest BCUT2D eigenvalue weighted by molar-refractivity contribution is 0.0971. The highest BCUT2D eigenvalue weighted by atomic mass is 35.5. The first kappa shape index (κ1) is 20.8. The maximum atomic E-state index is 13.6. The number of hydrogen-bond acceptors (Lipinski definition) is 3. The molecule has 0 aliphatic carbocycles. The molecule has 0 saturated heterocycles. The van der Waals surface area contributed by atoms with Crippen molar-refractivity contribution in [1.29, 1.82) is 0 Å². The first-order valence-electron chi connectivity index (χ1n) is 10.3. The van der Waals surface area contributed by atoms with E-state index >= 15 is 0 Å². The lowest BCUT2D eigenvalue weighted by Gasteiger charge is -2.25. The second kappa shape index (κ2) is 7.80. The molecule has 0 fully saturated rings. The average molecular weight is 464 g/mol. The van der Waals surface area contributed by atoms with Gasteiger partial charge in [0.05, 0.1) is 17.0 Å². The molecule has 1 aromatic heterocycles. The Bertz CT molecular complexity index is 1420. The van der Waals surface area contributed by atoms with Gasteiger partial charge in [0.25, 0.3) is 5.91 Å². The van der Waals surface area contributed by atoms with Crippen molar-refractivity contribution >= 4 is 45.8 Å². The summed E-state index contributed by atoms with van der Waals surface area (Å²) in [4.78, 5) is 28.7. The Morgan fingerprint density at radius 2 is 1.62 bits per heavy atom. The number of carbonyl (C=O) groups is 1. The fourth-order valence-corrected chi connectivity index (χ4v) is 4.57. The number of fused-ring (bicyclic) bond motifs is 2. The third kappa shape index (κ3) is 3.31. The maximum absolute atomic E-state index is 13.6. The second-order valence-corrected chi connectivity index (χ2v) is 9.07. The molecule has 1 atom stereocenters. The zero-order chi connectivity index (χ0) is 22.6. The van der Waals surface area contributed by atoms with Crippen molar-refractivity contribution in [2.24, 2.45) is 0 Å². The molecule has 4 nitrogen and oxygen atoms in total. The van der Waals surface area contributed by atoms with Crippen molar-refractivity contribution in [3.8, 4) is 0 Å². The fraction of sp³-hybridized carbons (Fsp3) is 0.154. The zero-order valence-corrected chi connectivity index (χ0v) is 18.9. The van der Waals surface area contributed by atoms with Crippen molar-refractivity contribution in [2.45, 2.75) is 25.8 Å². The first-order valence-corrected chi connectivity index (χ1v) is 11.1. The van der Waals surface area contributed by atoms with Crippen LogP contribution in [-0.4, -0.2) is 5.91 Å². The standard InChI is InChI=1S/C26H19Cl2NO3/c1-14(2)15-6-8-16(9-7-15)23-22-24(30)20-13-18(28)10-11-21(20)32-25(22)26(31)29(23)19-5-3-4-17(27)12-19/h3-14,23H,1-2H3. The molecular weight excluding hydrogens is 445 g/mol. The van der Waals surface area contributed by atoms with Crippen LogP contribution in [-0.2, 0) is 0 Å². The van der Waals surface area contributed by atoms with Gasteiger partial charge in [0.1, 0.15) is 5.58 Å². The van der Waals surface area contributed by atoms with E-state index in [1.54, 1.807) is 47.4 Å². The van der Waals surface area contributed by atoms with E-state index in [4.69, 9.17) is 27.6 Å². The molecule has 5 rings (SSSR count). The van der Waals surface area contributed by atoms with Gasteiger partial charge in [0.15, 0.2) is 5.43 Å². The van der Waals surface area contributed by atoms with Crippen molar-refractivity contribution in [3.63, 3.8) is 0 Å². The lowest BCUT2D eigenvalue weighted by atomic mass is 9.95. The third-order valence-corrected chi connectivity index (χ3v) is 6.31. The minimum absolute atomic E-state index is 0.0442. The van der Waals surface area contributed by atoms with Crippen LogP contribution in [0.2, 0.25) is 10.0 Å². The summed E-state index contributed by atoms with van der Waals surface area (Å²) in [6.45, 7) is 4.23. The molecule has 32 heavy (non-hydrogen) atoms. The van der Waals surface area contributed by atoms with Gasteiger partial charge in [0.2, 0.25) is 5.76 Å². The molecular formula is C26H19Cl2NO3. The molecule has 1 aliphatic heterocycles. The molecule has 160 valence electrons. The summed E-state index contributed by atoms with van der Waals surface area (Å²) in [5.74, 6) is 0.0265. The molecule has 1 amide bonds. The van der Waals surface area contributed by atoms with Crippen LogP contribution in [0.1, 0.15) is 53.1 Å². The van der Waals surface area contributed by atoms with Crippen LogP contribution in [0.5, 0.6) is 0 Å². The number of carbonyl (C=O) groups excluding carboxylic acids is 1. The number of amides is 1. The van der Waals surface area contributed by atoms with Crippen LogP contribution in [0.3, 0.4) is 0 Å². The molecule has 0 radical (unpaired) electrons. The van der Waals surface area contributed by atoms with Crippen LogP contribution in [0, 0.1) is 0 Å². The monoisotopic (exact) mass is 463 g/mol. The predicted octanol–water partition coefficient (Wildman–Crippen LogP) is 6.97. The van der Waals surface area contributed by atoms with Crippen molar-refractivity contribution in [1.82, 2.24) is 0 Å². The quantitative estimate of drug-likeness (QED) is 0.329. The fourth-order valence-electron chi connectivity index (χ4n) is 4.22. The number of hydrogen-bond donors (Lipinski definition) is 0. The van der Waals surface area contributed by atoms with Crippen molar-refractivity contribution in [3.05, 3.63) is 109 Å². The number of anilines is 1. The predicted molar refractivity (Wildman–Crippen MR) is 128 cm³/mol. The molecule has 0 saturated carbocycles. The van der Waals surface area contributed by atoms with E-state index in [0.717, 1.165) is 5.56 Å². The number of nitrogens with zero attached hydrogens (tertiary/aromatic N) is 1. The van der Waals surface area contributed by atoms with Gasteiger partial charge in [-0.3, -0.25) is 14.5 Å². The van der Waals surface area contributed by atoms with E-state index in [1.165, 1.54) is 5.56 Å². The molecule has 1 unspecified atom stereocenters. The van der Waals surface area contributed by atoms with E-state index in [2.05, 4.69) is 13.8 Å². The highest BCUT2D eigenvalue weighted by Crippen LogP contribution is 2.42. The van der Waals surface area contributed by atoms with Gasteiger partial charge in [-0.25, -0.2) is 0 Å². The van der Waals surface area contributed by atoms with Crippen molar-refractivity contribution in [2.75, 3.05) is 4.90 Å². The summed E-state index contributed by atoms with van der Waals surface area (Å²) in [6.07, 6.45) is 0. The Balaban J connectivity index is 1.79. The van der Waals surface area contributed by atoms with E-state index in [0.29, 0.717) is 38.2 Å². The van der Waals surface area contributed by atoms with Crippen LogP contribution < -0.4 is 10.3 Å². The SMILES string of the molecule is CC(C)c1ccc(C2c3c(oc4ccc(Cl)cc4c3=O)C(=O)N2c2cccc(Cl)c2)cc1. The van der Waals surface area contributed by atoms with Crippen LogP contribution in [0.15, 0.2) is 75.9 Å². The number of rotatable bonds is 3. The molecule has 4 aromatic rings. The Morgan fingerprint density at radius 1 is 0.906 bits per heavy atom. The van der Waals surface area contributed by atoms with E-state index in [9.17, 15) is 9.59 Å². The highest BCUT2D eigenvalue weighted by molar-refractivity contribution is 6.31. The topological polar surface area (TPSA) is 50.5 Å². The minimum atomic E-state index is -0.642. The summed E-state index contributed by atoms with van der Waals surface area (Å²) < 4.78 is 5.97. The van der Waals surface area contributed by atoms with Gasteiger partial charge in [-0.05, 0) is 53.4 Å². The largest absolute Gasteiger partial charge is 0.450 e. The minimum Gasteiger partial charge on any atom is -0.450 e. The summed E-state index contributed by atoms with van der Waals surface area (Å²) >= 11 is 12.4. The van der Waals surface area contributed by atoms with Crippen LogP contribution in [0.25, 0.3) is 11.0 Å². The van der Waals surface area contributed by atoms with Gasteiger partial charge in [-0.15, -0.1) is 0 Å².